The molecule has 0 spiro atoms. The Morgan fingerprint density at radius 1 is 1.48 bits per heavy atom. The number of rotatable bonds is 4. The van der Waals surface area contributed by atoms with Crippen LogP contribution in [0.4, 0.5) is 10.5 Å². The highest BCUT2D eigenvalue weighted by atomic mass is 16.2. The molecule has 3 N–H and O–H groups in total. The second-order valence-corrected chi connectivity index (χ2v) is 6.79. The van der Waals surface area contributed by atoms with Gasteiger partial charge in [-0.25, -0.2) is 4.79 Å². The number of carbonyl (C=O) groups excluding carboxylic acids is 1. The van der Waals surface area contributed by atoms with E-state index in [2.05, 4.69) is 23.6 Å². The first-order chi connectivity index (χ1) is 11.2. The molecule has 1 unspecified atom stereocenters. The summed E-state index contributed by atoms with van der Waals surface area (Å²) in [6.07, 6.45) is 3.86. The Morgan fingerprint density at radius 3 is 3.04 bits per heavy atom. The largest absolute Gasteiger partial charge is 0.332 e. The average Bonchev–Trinajstić information content (AvgIpc) is 2.60. The summed E-state index contributed by atoms with van der Waals surface area (Å²) in [7, 11) is 0. The van der Waals surface area contributed by atoms with Gasteiger partial charge in [0.05, 0.1) is 31.3 Å². The standard InChI is InChI=1S/C18H24N4O/c1-2-14-12-22-7-6-15(14)9-17(22)11-20-18(23)21-16-5-3-4-13(8-16)10-19/h3-5,8,14-15,17H,2,6-7,9,11-12H2,1H3,(H2,20,21,23)/p+1/t14-,15-,17+/m0/s1. The quantitative estimate of drug-likeness (QED) is 0.786. The first kappa shape index (κ1) is 15.8. The molecule has 3 saturated heterocycles. The maximum absolute atomic E-state index is 12.1. The number of nitriles is 1. The zero-order chi connectivity index (χ0) is 16.2. The Hall–Kier alpha value is -2.06. The van der Waals surface area contributed by atoms with Gasteiger partial charge in [-0.15, -0.1) is 0 Å². The molecule has 2 bridgehead atoms. The van der Waals surface area contributed by atoms with E-state index < -0.39 is 0 Å². The molecule has 1 aromatic carbocycles. The number of fused-ring (bicyclic) bond motifs is 3. The van der Waals surface area contributed by atoms with Gasteiger partial charge in [-0.1, -0.05) is 13.0 Å². The lowest BCUT2D eigenvalue weighted by atomic mass is 9.74. The van der Waals surface area contributed by atoms with Crippen LogP contribution < -0.4 is 15.5 Å². The Balaban J connectivity index is 1.49. The van der Waals surface area contributed by atoms with E-state index in [0.29, 0.717) is 17.3 Å². The van der Waals surface area contributed by atoms with Gasteiger partial charge in [0.25, 0.3) is 0 Å². The van der Waals surface area contributed by atoms with Crippen LogP contribution in [0.2, 0.25) is 0 Å². The van der Waals surface area contributed by atoms with Crippen LogP contribution in [0.1, 0.15) is 31.7 Å². The summed E-state index contributed by atoms with van der Waals surface area (Å²) >= 11 is 0. The lowest BCUT2D eigenvalue weighted by molar-refractivity contribution is -0.945. The van der Waals surface area contributed by atoms with E-state index in [-0.39, 0.29) is 6.03 Å². The molecule has 1 aromatic rings. The van der Waals surface area contributed by atoms with Gasteiger partial charge in [0.1, 0.15) is 6.04 Å². The summed E-state index contributed by atoms with van der Waals surface area (Å²) in [6, 6.07) is 9.42. The molecule has 4 atom stereocenters. The number of nitrogens with zero attached hydrogens (tertiary/aromatic N) is 1. The molecule has 0 aromatic heterocycles. The summed E-state index contributed by atoms with van der Waals surface area (Å²) in [5.41, 5.74) is 1.21. The molecule has 5 nitrogen and oxygen atoms in total. The Kier molecular flexibility index (Phi) is 4.82. The van der Waals surface area contributed by atoms with Crippen molar-refractivity contribution in [3.05, 3.63) is 29.8 Å². The van der Waals surface area contributed by atoms with Crippen molar-refractivity contribution in [2.45, 2.75) is 32.2 Å². The molecule has 2 amide bonds. The number of quaternary nitrogens is 1. The Bertz CT molecular complexity index is 609. The Morgan fingerprint density at radius 2 is 2.35 bits per heavy atom. The molecule has 122 valence electrons. The highest BCUT2D eigenvalue weighted by molar-refractivity contribution is 5.89. The van der Waals surface area contributed by atoms with Crippen molar-refractivity contribution in [1.82, 2.24) is 5.32 Å². The number of hydrogen-bond donors (Lipinski definition) is 3. The topological polar surface area (TPSA) is 69.4 Å². The third-order valence-electron chi connectivity index (χ3n) is 5.47. The second-order valence-electron chi connectivity index (χ2n) is 6.79. The van der Waals surface area contributed by atoms with E-state index in [9.17, 15) is 4.79 Å². The third kappa shape index (κ3) is 3.65. The van der Waals surface area contributed by atoms with Crippen LogP contribution in [-0.4, -0.2) is 31.7 Å². The minimum absolute atomic E-state index is 0.186. The highest BCUT2D eigenvalue weighted by Gasteiger charge is 2.42. The lowest BCUT2D eigenvalue weighted by Crippen LogP contribution is -3.20. The summed E-state index contributed by atoms with van der Waals surface area (Å²) in [5, 5.41) is 14.7. The molecule has 3 heterocycles. The minimum Gasteiger partial charge on any atom is -0.332 e. The average molecular weight is 313 g/mol. The SMILES string of the molecule is CC[C@H]1C[NH+]2CC[C@H]1C[C@@H]2CNC(=O)Nc1cccc(C#N)c1. The molecule has 0 radical (unpaired) electrons. The zero-order valence-electron chi connectivity index (χ0n) is 13.6. The Labute approximate surface area is 137 Å². The molecular formula is C18H25N4O+. The van der Waals surface area contributed by atoms with Gasteiger partial charge in [0.2, 0.25) is 0 Å². The van der Waals surface area contributed by atoms with Crippen molar-refractivity contribution in [1.29, 1.82) is 5.26 Å². The fourth-order valence-corrected chi connectivity index (χ4v) is 4.19. The van der Waals surface area contributed by atoms with Crippen LogP contribution in [0.3, 0.4) is 0 Å². The lowest BCUT2D eigenvalue weighted by Gasteiger charge is -2.46. The van der Waals surface area contributed by atoms with Crippen LogP contribution in [0.5, 0.6) is 0 Å². The molecule has 0 saturated carbocycles. The summed E-state index contributed by atoms with van der Waals surface area (Å²) < 4.78 is 0. The number of carbonyl (C=O) groups is 1. The van der Waals surface area contributed by atoms with Crippen molar-refractivity contribution in [3.63, 3.8) is 0 Å². The van der Waals surface area contributed by atoms with Crippen molar-refractivity contribution < 1.29 is 9.69 Å². The van der Waals surface area contributed by atoms with Crippen LogP contribution in [0.15, 0.2) is 24.3 Å². The maximum atomic E-state index is 12.1. The van der Waals surface area contributed by atoms with Gasteiger partial charge < -0.3 is 15.5 Å². The predicted molar refractivity (Wildman–Crippen MR) is 89.2 cm³/mol. The second kappa shape index (κ2) is 7.01. The molecule has 3 fully saturated rings. The van der Waals surface area contributed by atoms with Gasteiger partial charge >= 0.3 is 6.03 Å². The van der Waals surface area contributed by atoms with Crippen LogP contribution in [0, 0.1) is 23.2 Å². The third-order valence-corrected chi connectivity index (χ3v) is 5.47. The maximum Gasteiger partial charge on any atom is 0.319 e. The summed E-state index contributed by atoms with van der Waals surface area (Å²) in [4.78, 5) is 13.7. The van der Waals surface area contributed by atoms with Gasteiger partial charge in [0, 0.05) is 24.4 Å². The number of benzene rings is 1. The molecule has 23 heavy (non-hydrogen) atoms. The normalized spacial score (nSPS) is 28.9. The summed E-state index contributed by atoms with van der Waals surface area (Å²) in [5.74, 6) is 1.72. The van der Waals surface area contributed by atoms with Crippen LogP contribution in [-0.2, 0) is 0 Å². The highest BCUT2D eigenvalue weighted by Crippen LogP contribution is 2.28. The van der Waals surface area contributed by atoms with E-state index in [4.69, 9.17) is 5.26 Å². The van der Waals surface area contributed by atoms with E-state index in [1.54, 1.807) is 29.2 Å². The number of piperidine rings is 3. The molecule has 5 heteroatoms. The number of nitrogens with one attached hydrogen (secondary N) is 3. The van der Waals surface area contributed by atoms with Gasteiger partial charge in [-0.3, -0.25) is 0 Å². The van der Waals surface area contributed by atoms with Crippen molar-refractivity contribution >= 4 is 11.7 Å². The van der Waals surface area contributed by atoms with Crippen molar-refractivity contribution in [2.24, 2.45) is 11.8 Å². The van der Waals surface area contributed by atoms with Crippen molar-refractivity contribution in [3.8, 4) is 6.07 Å². The number of anilines is 1. The minimum atomic E-state index is -0.186. The zero-order valence-corrected chi connectivity index (χ0v) is 13.6. The fraction of sp³-hybridized carbons (Fsp3) is 0.556. The molecule has 4 rings (SSSR count). The molecule has 3 aliphatic heterocycles. The van der Waals surface area contributed by atoms with Crippen molar-refractivity contribution in [2.75, 3.05) is 25.0 Å². The molecule has 3 aliphatic rings. The van der Waals surface area contributed by atoms with E-state index in [1.807, 2.05) is 0 Å². The van der Waals surface area contributed by atoms with E-state index in [0.717, 1.165) is 18.4 Å². The van der Waals surface area contributed by atoms with E-state index >= 15 is 0 Å². The monoisotopic (exact) mass is 313 g/mol. The number of amides is 2. The smallest absolute Gasteiger partial charge is 0.319 e. The molecular weight excluding hydrogens is 288 g/mol. The molecule has 0 aliphatic carbocycles. The van der Waals surface area contributed by atoms with E-state index in [1.165, 1.54) is 32.4 Å². The first-order valence-electron chi connectivity index (χ1n) is 8.59. The predicted octanol–water partition coefficient (Wildman–Crippen LogP) is 1.38. The van der Waals surface area contributed by atoms with Gasteiger partial charge in [-0.2, -0.15) is 5.26 Å². The summed E-state index contributed by atoms with van der Waals surface area (Å²) in [6.45, 7) is 5.53. The van der Waals surface area contributed by atoms with Gasteiger partial charge in [0.15, 0.2) is 0 Å². The first-order valence-corrected chi connectivity index (χ1v) is 8.59. The van der Waals surface area contributed by atoms with Gasteiger partial charge in [-0.05, 0) is 30.5 Å². The number of hydrogen-bond acceptors (Lipinski definition) is 2. The number of urea groups is 1. The fourth-order valence-electron chi connectivity index (χ4n) is 4.19. The van der Waals surface area contributed by atoms with Crippen LogP contribution in [0.25, 0.3) is 0 Å². The van der Waals surface area contributed by atoms with Crippen LogP contribution >= 0.6 is 0 Å².